The van der Waals surface area contributed by atoms with Gasteiger partial charge in [-0.2, -0.15) is 4.98 Å². The third-order valence-electron chi connectivity index (χ3n) is 5.60. The molecule has 1 atom stereocenters. The molecule has 0 amide bonds. The van der Waals surface area contributed by atoms with Gasteiger partial charge in [0.25, 0.3) is 5.56 Å². The number of fused-ring (bicyclic) bond motifs is 3. The number of hydrogen-bond donors (Lipinski definition) is 0. The van der Waals surface area contributed by atoms with Crippen molar-refractivity contribution in [3.8, 4) is 5.69 Å². The second-order valence-electron chi connectivity index (χ2n) is 8.47. The van der Waals surface area contributed by atoms with Gasteiger partial charge in [-0.05, 0) is 50.1 Å². The number of hydrogen-bond acceptors (Lipinski definition) is 7. The van der Waals surface area contributed by atoms with Crippen LogP contribution in [0.2, 0.25) is 0 Å². The Kier molecular flexibility index (Phi) is 5.28. The Morgan fingerprint density at radius 2 is 1.82 bits per heavy atom. The van der Waals surface area contributed by atoms with Crippen LogP contribution in [0.1, 0.15) is 54.8 Å². The molecular weight excluding hydrogens is 436 g/mol. The zero-order chi connectivity index (χ0) is 23.3. The molecule has 0 saturated carbocycles. The summed E-state index contributed by atoms with van der Waals surface area (Å²) in [7, 11) is 0. The lowest BCUT2D eigenvalue weighted by Gasteiger charge is -2.14. The van der Waals surface area contributed by atoms with Gasteiger partial charge in [-0.25, -0.2) is 4.57 Å². The van der Waals surface area contributed by atoms with Crippen molar-refractivity contribution in [3.63, 3.8) is 0 Å². The second-order valence-corrected chi connectivity index (χ2v) is 9.78. The molecule has 5 aromatic rings. The number of nitrogens with zero attached hydrogens (tertiary/aromatic N) is 6. The number of para-hydroxylation sites is 1. The third-order valence-corrected chi connectivity index (χ3v) is 6.63. The van der Waals surface area contributed by atoms with Crippen LogP contribution in [0.4, 0.5) is 0 Å². The Labute approximate surface area is 194 Å². The Balaban J connectivity index is 1.72. The quantitative estimate of drug-likeness (QED) is 0.341. The molecule has 3 aromatic heterocycles. The van der Waals surface area contributed by atoms with Gasteiger partial charge in [-0.15, -0.1) is 10.2 Å². The zero-order valence-electron chi connectivity index (χ0n) is 19.1. The van der Waals surface area contributed by atoms with E-state index in [1.54, 1.807) is 4.57 Å². The van der Waals surface area contributed by atoms with Crippen LogP contribution in [0.25, 0.3) is 22.4 Å². The lowest BCUT2D eigenvalue weighted by atomic mass is 10.1. The molecule has 33 heavy (non-hydrogen) atoms. The van der Waals surface area contributed by atoms with Crippen molar-refractivity contribution in [1.82, 2.24) is 29.3 Å². The monoisotopic (exact) mass is 460 g/mol. The highest BCUT2D eigenvalue weighted by Gasteiger charge is 2.23. The molecule has 168 valence electrons. The van der Waals surface area contributed by atoms with Gasteiger partial charge < -0.3 is 4.52 Å². The number of rotatable bonds is 5. The first kappa shape index (κ1) is 21.4. The molecule has 2 aromatic carbocycles. The van der Waals surface area contributed by atoms with Crippen LogP contribution in [-0.4, -0.2) is 29.3 Å². The molecule has 0 radical (unpaired) electrons. The zero-order valence-corrected chi connectivity index (χ0v) is 19.9. The van der Waals surface area contributed by atoms with E-state index >= 15 is 0 Å². The van der Waals surface area contributed by atoms with E-state index in [2.05, 4.69) is 20.3 Å². The van der Waals surface area contributed by atoms with Crippen molar-refractivity contribution < 1.29 is 4.52 Å². The van der Waals surface area contributed by atoms with Crippen LogP contribution in [0.15, 0.2) is 56.9 Å². The highest BCUT2D eigenvalue weighted by Crippen LogP contribution is 2.34. The fourth-order valence-electron chi connectivity index (χ4n) is 3.79. The fourth-order valence-corrected chi connectivity index (χ4v) is 4.67. The fraction of sp³-hybridized carbons (Fsp3) is 0.292. The summed E-state index contributed by atoms with van der Waals surface area (Å²) in [5, 5.41) is 14.1. The maximum absolute atomic E-state index is 13.6. The van der Waals surface area contributed by atoms with Gasteiger partial charge in [-0.3, -0.25) is 9.20 Å². The molecule has 0 aliphatic rings. The molecule has 0 spiro atoms. The Hall–Kier alpha value is -3.46. The van der Waals surface area contributed by atoms with Crippen molar-refractivity contribution in [2.45, 2.75) is 50.9 Å². The minimum atomic E-state index is -0.141. The van der Waals surface area contributed by atoms with Gasteiger partial charge in [0.1, 0.15) is 0 Å². The average molecular weight is 461 g/mol. The van der Waals surface area contributed by atoms with E-state index in [0.717, 1.165) is 22.3 Å². The molecule has 9 heteroatoms. The lowest BCUT2D eigenvalue weighted by Crippen LogP contribution is -2.22. The van der Waals surface area contributed by atoms with Crippen LogP contribution in [0.5, 0.6) is 0 Å². The second kappa shape index (κ2) is 8.15. The molecule has 0 N–H and O–H groups in total. The molecule has 0 saturated heterocycles. The molecule has 0 aliphatic heterocycles. The summed E-state index contributed by atoms with van der Waals surface area (Å²) >= 11 is 1.47. The molecule has 5 rings (SSSR count). The van der Waals surface area contributed by atoms with E-state index in [4.69, 9.17) is 4.52 Å². The largest absolute Gasteiger partial charge is 0.338 e. The molecule has 0 bridgehead atoms. The highest BCUT2D eigenvalue weighted by atomic mass is 32.2. The van der Waals surface area contributed by atoms with Gasteiger partial charge in [0, 0.05) is 5.92 Å². The normalized spacial score (nSPS) is 12.8. The predicted octanol–water partition coefficient (Wildman–Crippen LogP) is 5.01. The first-order valence-corrected chi connectivity index (χ1v) is 11.7. The van der Waals surface area contributed by atoms with E-state index < -0.39 is 0 Å². The first-order valence-electron chi connectivity index (χ1n) is 10.8. The van der Waals surface area contributed by atoms with Crippen LogP contribution in [0, 0.1) is 13.8 Å². The number of aryl methyl sites for hydroxylation is 2. The SMILES string of the molecule is Cc1ccc(C)c(-n2c(=O)c3ccccc3n3c(SC(C)c4nc(C(C)C)no4)nnc23)c1. The summed E-state index contributed by atoms with van der Waals surface area (Å²) in [6, 6.07) is 13.6. The minimum Gasteiger partial charge on any atom is -0.338 e. The van der Waals surface area contributed by atoms with Crippen molar-refractivity contribution >= 4 is 28.4 Å². The first-order chi connectivity index (χ1) is 15.8. The number of benzene rings is 2. The molecule has 0 fully saturated rings. The summed E-state index contributed by atoms with van der Waals surface area (Å²) < 4.78 is 9.06. The summed E-state index contributed by atoms with van der Waals surface area (Å²) in [4.78, 5) is 18.1. The summed E-state index contributed by atoms with van der Waals surface area (Å²) in [6.07, 6.45) is 0. The van der Waals surface area contributed by atoms with E-state index in [0.29, 0.717) is 28.0 Å². The van der Waals surface area contributed by atoms with E-state index in [1.807, 2.05) is 81.5 Å². The molecule has 8 nitrogen and oxygen atoms in total. The highest BCUT2D eigenvalue weighted by molar-refractivity contribution is 7.99. The van der Waals surface area contributed by atoms with Crippen molar-refractivity contribution in [3.05, 3.63) is 75.7 Å². The Bertz CT molecular complexity index is 1550. The molecule has 1 unspecified atom stereocenters. The van der Waals surface area contributed by atoms with E-state index in [1.165, 1.54) is 11.8 Å². The summed E-state index contributed by atoms with van der Waals surface area (Å²) in [5.74, 6) is 1.87. The maximum Gasteiger partial charge on any atom is 0.267 e. The van der Waals surface area contributed by atoms with Crippen molar-refractivity contribution in [2.75, 3.05) is 0 Å². The molecule has 0 aliphatic carbocycles. The van der Waals surface area contributed by atoms with Gasteiger partial charge in [0.15, 0.2) is 11.0 Å². The average Bonchev–Trinajstić information content (AvgIpc) is 3.44. The van der Waals surface area contributed by atoms with Crippen LogP contribution >= 0.6 is 11.8 Å². The Morgan fingerprint density at radius 3 is 2.58 bits per heavy atom. The van der Waals surface area contributed by atoms with Crippen LogP contribution in [-0.2, 0) is 0 Å². The third kappa shape index (κ3) is 3.62. The van der Waals surface area contributed by atoms with Gasteiger partial charge in [-0.1, -0.05) is 55.0 Å². The van der Waals surface area contributed by atoms with Gasteiger partial charge in [0.05, 0.1) is 21.8 Å². The Morgan fingerprint density at radius 1 is 1.03 bits per heavy atom. The van der Waals surface area contributed by atoms with E-state index in [-0.39, 0.29) is 16.7 Å². The smallest absolute Gasteiger partial charge is 0.267 e. The van der Waals surface area contributed by atoms with Gasteiger partial charge in [0.2, 0.25) is 11.7 Å². The molecular formula is C24H24N6O2S. The van der Waals surface area contributed by atoms with Crippen LogP contribution < -0.4 is 5.56 Å². The minimum absolute atomic E-state index is 0.123. The molecule has 3 heterocycles. The number of aromatic nitrogens is 6. The van der Waals surface area contributed by atoms with Crippen molar-refractivity contribution in [1.29, 1.82) is 0 Å². The standard InChI is InChI=1S/C24H24N6O2S/c1-13(2)20-25-21(32-28-20)16(5)33-24-27-26-23-29(19-12-14(3)10-11-15(19)4)22(31)17-8-6-7-9-18(17)30(23)24/h6-13,16H,1-5H3. The van der Waals surface area contributed by atoms with Gasteiger partial charge >= 0.3 is 0 Å². The van der Waals surface area contributed by atoms with E-state index in [9.17, 15) is 4.79 Å². The predicted molar refractivity (Wildman–Crippen MR) is 128 cm³/mol. The summed E-state index contributed by atoms with van der Waals surface area (Å²) in [6.45, 7) is 10.0. The summed E-state index contributed by atoms with van der Waals surface area (Å²) in [5.41, 5.74) is 3.48. The van der Waals surface area contributed by atoms with Crippen LogP contribution in [0.3, 0.4) is 0 Å². The topological polar surface area (TPSA) is 91.1 Å². The maximum atomic E-state index is 13.6. The number of thioether (sulfide) groups is 1. The van der Waals surface area contributed by atoms with Crippen molar-refractivity contribution in [2.24, 2.45) is 0 Å². The lowest BCUT2D eigenvalue weighted by molar-refractivity contribution is 0.373.